The summed E-state index contributed by atoms with van der Waals surface area (Å²) in [4.78, 5) is 12.5. The van der Waals surface area contributed by atoms with E-state index in [0.29, 0.717) is 0 Å². The highest BCUT2D eigenvalue weighted by molar-refractivity contribution is 5.49. The van der Waals surface area contributed by atoms with Crippen molar-refractivity contribution in [2.75, 3.05) is 7.05 Å². The number of aryl methyl sites for hydroxylation is 1. The molecule has 0 saturated heterocycles. The SMILES string of the molecule is CN(C=O)[C@H]1CCCc2ccccc21. The van der Waals surface area contributed by atoms with E-state index < -0.39 is 0 Å². The smallest absolute Gasteiger partial charge is 0.209 e. The van der Waals surface area contributed by atoms with E-state index in [1.54, 1.807) is 4.90 Å². The fourth-order valence-electron chi connectivity index (χ4n) is 2.22. The fraction of sp³-hybridized carbons (Fsp3) is 0.417. The summed E-state index contributed by atoms with van der Waals surface area (Å²) in [6, 6.07) is 8.72. The Hall–Kier alpha value is -1.31. The molecule has 1 aromatic carbocycles. The van der Waals surface area contributed by atoms with Crippen molar-refractivity contribution >= 4 is 6.41 Å². The van der Waals surface area contributed by atoms with Gasteiger partial charge in [-0.25, -0.2) is 0 Å². The van der Waals surface area contributed by atoms with Gasteiger partial charge < -0.3 is 4.90 Å². The zero-order valence-electron chi connectivity index (χ0n) is 8.44. The van der Waals surface area contributed by atoms with Gasteiger partial charge in [0.25, 0.3) is 0 Å². The minimum absolute atomic E-state index is 0.289. The summed E-state index contributed by atoms with van der Waals surface area (Å²) in [5.74, 6) is 0. The molecule has 0 aliphatic heterocycles. The molecule has 74 valence electrons. The molecule has 0 fully saturated rings. The van der Waals surface area contributed by atoms with Gasteiger partial charge in [0.2, 0.25) is 6.41 Å². The van der Waals surface area contributed by atoms with Gasteiger partial charge in [-0.3, -0.25) is 4.79 Å². The number of hydrogen-bond acceptors (Lipinski definition) is 1. The lowest BCUT2D eigenvalue weighted by Gasteiger charge is -2.30. The van der Waals surface area contributed by atoms with Crippen molar-refractivity contribution in [3.8, 4) is 0 Å². The first-order valence-electron chi connectivity index (χ1n) is 5.08. The summed E-state index contributed by atoms with van der Waals surface area (Å²) in [5.41, 5.74) is 2.73. The number of rotatable bonds is 2. The predicted molar refractivity (Wildman–Crippen MR) is 55.9 cm³/mol. The Bertz CT molecular complexity index is 335. The van der Waals surface area contributed by atoms with Gasteiger partial charge in [-0.15, -0.1) is 0 Å². The molecule has 1 aliphatic carbocycles. The Labute approximate surface area is 84.5 Å². The van der Waals surface area contributed by atoms with Gasteiger partial charge in [-0.1, -0.05) is 24.3 Å². The molecule has 0 N–H and O–H groups in total. The van der Waals surface area contributed by atoms with Gasteiger partial charge >= 0.3 is 0 Å². The van der Waals surface area contributed by atoms with Crippen molar-refractivity contribution in [3.63, 3.8) is 0 Å². The highest BCUT2D eigenvalue weighted by Gasteiger charge is 2.22. The molecule has 0 unspecified atom stereocenters. The van der Waals surface area contributed by atoms with Gasteiger partial charge in [-0.2, -0.15) is 0 Å². The van der Waals surface area contributed by atoms with Crippen LogP contribution in [0.25, 0.3) is 0 Å². The van der Waals surface area contributed by atoms with Crippen LogP contribution in [0, 0.1) is 0 Å². The Kier molecular flexibility index (Phi) is 2.53. The predicted octanol–water partition coefficient (Wildman–Crippen LogP) is 2.15. The second kappa shape index (κ2) is 3.82. The number of carbonyl (C=O) groups is 1. The number of amides is 1. The minimum atomic E-state index is 0.289. The zero-order valence-corrected chi connectivity index (χ0v) is 8.44. The molecule has 1 aromatic rings. The Morgan fingerprint density at radius 3 is 3.00 bits per heavy atom. The van der Waals surface area contributed by atoms with Crippen LogP contribution in [0.15, 0.2) is 24.3 Å². The molecule has 1 aliphatic rings. The van der Waals surface area contributed by atoms with Crippen LogP contribution in [0.4, 0.5) is 0 Å². The molecule has 2 rings (SSSR count). The fourth-order valence-corrected chi connectivity index (χ4v) is 2.22. The summed E-state index contributed by atoms with van der Waals surface area (Å²) >= 11 is 0. The number of benzene rings is 1. The van der Waals surface area contributed by atoms with Crippen LogP contribution in [-0.2, 0) is 11.2 Å². The highest BCUT2D eigenvalue weighted by atomic mass is 16.1. The summed E-state index contributed by atoms with van der Waals surface area (Å²) in [6.07, 6.45) is 4.35. The summed E-state index contributed by atoms with van der Waals surface area (Å²) < 4.78 is 0. The lowest BCUT2D eigenvalue weighted by Crippen LogP contribution is -2.26. The lowest BCUT2D eigenvalue weighted by atomic mass is 9.87. The molecule has 1 atom stereocenters. The maximum absolute atomic E-state index is 10.7. The van der Waals surface area contributed by atoms with Crippen molar-refractivity contribution in [3.05, 3.63) is 35.4 Å². The molecular formula is C12H15NO. The molecule has 0 aromatic heterocycles. The van der Waals surface area contributed by atoms with E-state index in [-0.39, 0.29) is 6.04 Å². The Morgan fingerprint density at radius 1 is 1.43 bits per heavy atom. The van der Waals surface area contributed by atoms with Crippen molar-refractivity contribution in [1.29, 1.82) is 0 Å². The van der Waals surface area contributed by atoms with E-state index in [1.807, 2.05) is 7.05 Å². The molecule has 0 heterocycles. The van der Waals surface area contributed by atoms with E-state index in [2.05, 4.69) is 24.3 Å². The first kappa shape index (κ1) is 9.25. The monoisotopic (exact) mass is 189 g/mol. The quantitative estimate of drug-likeness (QED) is 0.653. The maximum atomic E-state index is 10.7. The molecule has 2 nitrogen and oxygen atoms in total. The largest absolute Gasteiger partial charge is 0.341 e. The first-order valence-corrected chi connectivity index (χ1v) is 5.08. The topological polar surface area (TPSA) is 20.3 Å². The van der Waals surface area contributed by atoms with Gasteiger partial charge in [0.1, 0.15) is 0 Å². The molecule has 0 spiro atoms. The molecule has 14 heavy (non-hydrogen) atoms. The van der Waals surface area contributed by atoms with E-state index in [4.69, 9.17) is 0 Å². The van der Waals surface area contributed by atoms with Crippen molar-refractivity contribution < 1.29 is 4.79 Å². The molecule has 0 radical (unpaired) electrons. The van der Waals surface area contributed by atoms with E-state index in [9.17, 15) is 4.79 Å². The van der Waals surface area contributed by atoms with Crippen LogP contribution < -0.4 is 0 Å². The van der Waals surface area contributed by atoms with Crippen LogP contribution in [0.2, 0.25) is 0 Å². The number of nitrogens with zero attached hydrogens (tertiary/aromatic N) is 1. The van der Waals surface area contributed by atoms with E-state index in [0.717, 1.165) is 19.3 Å². The Balaban J connectivity index is 2.35. The lowest BCUT2D eigenvalue weighted by molar-refractivity contribution is -0.119. The summed E-state index contributed by atoms with van der Waals surface area (Å²) in [5, 5.41) is 0. The maximum Gasteiger partial charge on any atom is 0.209 e. The third-order valence-electron chi connectivity index (χ3n) is 3.00. The summed E-state index contributed by atoms with van der Waals surface area (Å²) in [6.45, 7) is 0. The summed E-state index contributed by atoms with van der Waals surface area (Å²) in [7, 11) is 1.86. The van der Waals surface area contributed by atoms with Crippen LogP contribution in [0.3, 0.4) is 0 Å². The van der Waals surface area contributed by atoms with Gasteiger partial charge in [0, 0.05) is 7.05 Å². The third kappa shape index (κ3) is 1.52. The molecule has 0 saturated carbocycles. The molecular weight excluding hydrogens is 174 g/mol. The first-order chi connectivity index (χ1) is 6.83. The molecule has 1 amide bonds. The number of hydrogen-bond donors (Lipinski definition) is 0. The van der Waals surface area contributed by atoms with Crippen molar-refractivity contribution in [2.24, 2.45) is 0 Å². The van der Waals surface area contributed by atoms with Crippen molar-refractivity contribution in [1.82, 2.24) is 4.90 Å². The zero-order chi connectivity index (χ0) is 9.97. The molecule has 0 bridgehead atoms. The molecule has 2 heteroatoms. The van der Waals surface area contributed by atoms with Gasteiger partial charge in [0.05, 0.1) is 6.04 Å². The third-order valence-corrected chi connectivity index (χ3v) is 3.00. The van der Waals surface area contributed by atoms with Crippen LogP contribution >= 0.6 is 0 Å². The van der Waals surface area contributed by atoms with E-state index in [1.165, 1.54) is 17.5 Å². The number of fused-ring (bicyclic) bond motifs is 1. The minimum Gasteiger partial charge on any atom is -0.341 e. The normalized spacial score (nSPS) is 19.9. The second-order valence-corrected chi connectivity index (χ2v) is 3.88. The Morgan fingerprint density at radius 2 is 2.21 bits per heavy atom. The highest BCUT2D eigenvalue weighted by Crippen LogP contribution is 2.32. The van der Waals surface area contributed by atoms with E-state index >= 15 is 0 Å². The average molecular weight is 189 g/mol. The van der Waals surface area contributed by atoms with Gasteiger partial charge in [0.15, 0.2) is 0 Å². The van der Waals surface area contributed by atoms with Crippen molar-refractivity contribution in [2.45, 2.75) is 25.3 Å². The van der Waals surface area contributed by atoms with Crippen LogP contribution in [0.5, 0.6) is 0 Å². The van der Waals surface area contributed by atoms with Crippen LogP contribution in [0.1, 0.15) is 30.0 Å². The second-order valence-electron chi connectivity index (χ2n) is 3.88. The number of carbonyl (C=O) groups excluding carboxylic acids is 1. The average Bonchev–Trinajstić information content (AvgIpc) is 2.27. The standard InChI is InChI=1S/C12H15NO/c1-13(9-14)12-8-4-6-10-5-2-3-7-11(10)12/h2-3,5,7,9,12H,4,6,8H2,1H3/t12-/m0/s1. The van der Waals surface area contributed by atoms with Crippen LogP contribution in [-0.4, -0.2) is 18.4 Å². The van der Waals surface area contributed by atoms with Gasteiger partial charge in [-0.05, 0) is 30.4 Å².